The molecule has 0 spiro atoms. The number of hydrogen-bond donors (Lipinski definition) is 0. The van der Waals surface area contributed by atoms with Crippen LogP contribution in [0.4, 0.5) is 0 Å². The van der Waals surface area contributed by atoms with Crippen molar-refractivity contribution in [2.75, 3.05) is 0 Å². The Bertz CT molecular complexity index is 283. The van der Waals surface area contributed by atoms with Crippen molar-refractivity contribution < 1.29 is 0 Å². The topological polar surface area (TPSA) is 12.9 Å². The zero-order chi connectivity index (χ0) is 8.65. The summed E-state index contributed by atoms with van der Waals surface area (Å²) >= 11 is 0. The van der Waals surface area contributed by atoms with E-state index in [4.69, 9.17) is 0 Å². The molecule has 0 N–H and O–H groups in total. The highest BCUT2D eigenvalue weighted by molar-refractivity contribution is 5.46. The zero-order valence-electron chi connectivity index (χ0n) is 6.85. The summed E-state index contributed by atoms with van der Waals surface area (Å²) in [6, 6.07) is 5.82. The summed E-state index contributed by atoms with van der Waals surface area (Å²) in [6.07, 6.45) is 11.2. The van der Waals surface area contributed by atoms with E-state index in [9.17, 15) is 0 Å². The van der Waals surface area contributed by atoms with Gasteiger partial charge in [0.15, 0.2) is 0 Å². The molecule has 0 aliphatic carbocycles. The molecule has 0 saturated heterocycles. The molecular formula is C11H11N. The van der Waals surface area contributed by atoms with Crippen molar-refractivity contribution in [3.8, 4) is 0 Å². The second-order valence-electron chi connectivity index (χ2n) is 2.23. The Kier molecular flexibility index (Phi) is 3.58. The fourth-order valence-electron chi connectivity index (χ4n) is 0.771. The van der Waals surface area contributed by atoms with Crippen LogP contribution in [0.25, 0.3) is 6.08 Å². The van der Waals surface area contributed by atoms with Crippen molar-refractivity contribution in [3.05, 3.63) is 61.0 Å². The maximum absolute atomic E-state index is 4.13. The molecule has 1 aromatic rings. The molecular weight excluding hydrogens is 146 g/mol. The molecule has 0 bridgehead atoms. The Hall–Kier alpha value is -1.63. The first kappa shape index (κ1) is 8.47. The molecule has 0 aromatic carbocycles. The monoisotopic (exact) mass is 157 g/mol. The number of hydrogen-bond acceptors (Lipinski definition) is 1. The van der Waals surface area contributed by atoms with E-state index in [-0.39, 0.29) is 0 Å². The van der Waals surface area contributed by atoms with Gasteiger partial charge in [0.05, 0.1) is 5.69 Å². The lowest BCUT2D eigenvalue weighted by atomic mass is 10.3. The summed E-state index contributed by atoms with van der Waals surface area (Å²) in [5.74, 6) is 0. The normalized spacial score (nSPS) is 11.0. The number of aromatic nitrogens is 1. The van der Waals surface area contributed by atoms with Crippen LogP contribution in [0, 0.1) is 0 Å². The molecule has 0 fully saturated rings. The van der Waals surface area contributed by atoms with Gasteiger partial charge in [-0.25, -0.2) is 0 Å². The van der Waals surface area contributed by atoms with Crippen LogP contribution in [0.2, 0.25) is 0 Å². The molecule has 1 nitrogen and oxygen atoms in total. The minimum Gasteiger partial charge on any atom is -0.257 e. The van der Waals surface area contributed by atoms with Gasteiger partial charge in [-0.1, -0.05) is 36.9 Å². The van der Waals surface area contributed by atoms with Gasteiger partial charge in [0.1, 0.15) is 0 Å². The Balaban J connectivity index is 2.58. The van der Waals surface area contributed by atoms with Gasteiger partial charge in [-0.15, -0.1) is 0 Å². The quantitative estimate of drug-likeness (QED) is 0.615. The van der Waals surface area contributed by atoms with E-state index < -0.39 is 0 Å². The van der Waals surface area contributed by atoms with Crippen LogP contribution in [-0.2, 0) is 0 Å². The molecule has 0 radical (unpaired) electrons. The minimum atomic E-state index is 0.964. The van der Waals surface area contributed by atoms with E-state index in [0.29, 0.717) is 0 Å². The van der Waals surface area contributed by atoms with Crippen LogP contribution in [0.3, 0.4) is 0 Å². The predicted octanol–water partition coefficient (Wildman–Crippen LogP) is 2.84. The van der Waals surface area contributed by atoms with Crippen LogP contribution in [0.5, 0.6) is 0 Å². The zero-order valence-corrected chi connectivity index (χ0v) is 6.85. The van der Waals surface area contributed by atoms with Crippen LogP contribution in [0.1, 0.15) is 5.69 Å². The fourth-order valence-corrected chi connectivity index (χ4v) is 0.771. The molecule has 1 rings (SSSR count). The second-order valence-corrected chi connectivity index (χ2v) is 2.23. The van der Waals surface area contributed by atoms with E-state index in [0.717, 1.165) is 5.69 Å². The van der Waals surface area contributed by atoms with Gasteiger partial charge < -0.3 is 0 Å². The summed E-state index contributed by atoms with van der Waals surface area (Å²) in [5.41, 5.74) is 0.964. The molecule has 1 aromatic heterocycles. The third-order valence-corrected chi connectivity index (χ3v) is 1.31. The summed E-state index contributed by atoms with van der Waals surface area (Å²) in [4.78, 5) is 4.13. The number of allylic oxidation sites excluding steroid dienone is 4. The van der Waals surface area contributed by atoms with Crippen LogP contribution < -0.4 is 0 Å². The summed E-state index contributed by atoms with van der Waals surface area (Å²) < 4.78 is 0. The molecule has 60 valence electrons. The molecule has 0 aliphatic rings. The minimum absolute atomic E-state index is 0.964. The molecule has 0 aliphatic heterocycles. The second kappa shape index (κ2) is 5.08. The predicted molar refractivity (Wildman–Crippen MR) is 52.6 cm³/mol. The summed E-state index contributed by atoms with van der Waals surface area (Å²) in [7, 11) is 0. The van der Waals surface area contributed by atoms with Gasteiger partial charge >= 0.3 is 0 Å². The Morgan fingerprint density at radius 2 is 2.08 bits per heavy atom. The van der Waals surface area contributed by atoms with Crippen molar-refractivity contribution in [2.45, 2.75) is 0 Å². The van der Waals surface area contributed by atoms with Gasteiger partial charge in [-0.3, -0.25) is 4.98 Å². The third-order valence-electron chi connectivity index (χ3n) is 1.31. The first-order valence-corrected chi connectivity index (χ1v) is 3.80. The van der Waals surface area contributed by atoms with Crippen molar-refractivity contribution in [3.63, 3.8) is 0 Å². The fraction of sp³-hybridized carbons (Fsp3) is 0. The summed E-state index contributed by atoms with van der Waals surface area (Å²) in [6.45, 7) is 3.57. The smallest absolute Gasteiger partial charge is 0.0629 e. The highest BCUT2D eigenvalue weighted by Gasteiger charge is 1.80. The number of nitrogens with zero attached hydrogens (tertiary/aromatic N) is 1. The van der Waals surface area contributed by atoms with Crippen molar-refractivity contribution >= 4 is 6.08 Å². The van der Waals surface area contributed by atoms with E-state index >= 15 is 0 Å². The standard InChI is InChI=1S/C11H11N/c1-2-3-4-5-8-11-9-6-7-10-12-11/h2-10H,1H2/b4-3-,8-5+. The van der Waals surface area contributed by atoms with Gasteiger partial charge in [-0.05, 0) is 18.2 Å². The van der Waals surface area contributed by atoms with Crippen LogP contribution >= 0.6 is 0 Å². The van der Waals surface area contributed by atoms with Crippen LogP contribution in [0.15, 0.2) is 55.3 Å². The highest BCUT2D eigenvalue weighted by Crippen LogP contribution is 1.95. The molecule has 1 heteroatoms. The lowest BCUT2D eigenvalue weighted by molar-refractivity contribution is 1.30. The van der Waals surface area contributed by atoms with Gasteiger partial charge in [0.2, 0.25) is 0 Å². The van der Waals surface area contributed by atoms with E-state index in [2.05, 4.69) is 11.6 Å². The van der Waals surface area contributed by atoms with Crippen molar-refractivity contribution in [1.29, 1.82) is 0 Å². The molecule has 1 heterocycles. The van der Waals surface area contributed by atoms with Crippen LogP contribution in [-0.4, -0.2) is 4.98 Å². The molecule has 12 heavy (non-hydrogen) atoms. The largest absolute Gasteiger partial charge is 0.257 e. The van der Waals surface area contributed by atoms with E-state index in [1.54, 1.807) is 12.3 Å². The Labute approximate surface area is 72.8 Å². The van der Waals surface area contributed by atoms with Crippen molar-refractivity contribution in [1.82, 2.24) is 4.98 Å². The van der Waals surface area contributed by atoms with Gasteiger partial charge in [0.25, 0.3) is 0 Å². The first-order valence-electron chi connectivity index (χ1n) is 3.80. The molecule has 0 unspecified atom stereocenters. The average molecular weight is 157 g/mol. The van der Waals surface area contributed by atoms with E-state index in [1.807, 2.05) is 42.5 Å². The highest BCUT2D eigenvalue weighted by atomic mass is 14.6. The SMILES string of the molecule is C=C/C=C\C=C\c1ccccn1. The van der Waals surface area contributed by atoms with E-state index in [1.165, 1.54) is 0 Å². The maximum Gasteiger partial charge on any atom is 0.0629 e. The van der Waals surface area contributed by atoms with Gasteiger partial charge in [0, 0.05) is 6.20 Å². The lowest BCUT2D eigenvalue weighted by Crippen LogP contribution is -1.74. The third kappa shape index (κ3) is 2.97. The molecule has 0 saturated carbocycles. The molecule has 0 amide bonds. The first-order chi connectivity index (χ1) is 5.93. The molecule has 0 atom stereocenters. The average Bonchev–Trinajstić information content (AvgIpc) is 2.14. The van der Waals surface area contributed by atoms with Gasteiger partial charge in [-0.2, -0.15) is 0 Å². The lowest BCUT2D eigenvalue weighted by Gasteiger charge is -1.86. The number of pyridine rings is 1. The number of rotatable bonds is 3. The summed E-state index contributed by atoms with van der Waals surface area (Å²) in [5, 5.41) is 0. The Morgan fingerprint density at radius 1 is 1.17 bits per heavy atom. The Morgan fingerprint density at radius 3 is 2.75 bits per heavy atom. The van der Waals surface area contributed by atoms with Crippen molar-refractivity contribution in [2.24, 2.45) is 0 Å². The maximum atomic E-state index is 4.13.